The Bertz CT molecular complexity index is 628. The highest BCUT2D eigenvalue weighted by Gasteiger charge is 2.28. The predicted octanol–water partition coefficient (Wildman–Crippen LogP) is 1.01. The van der Waals surface area contributed by atoms with E-state index in [1.54, 1.807) is 22.0 Å². The first-order chi connectivity index (χ1) is 11.9. The molecule has 1 aliphatic carbocycles. The van der Waals surface area contributed by atoms with Crippen molar-refractivity contribution in [1.82, 2.24) is 14.7 Å². The number of aromatic nitrogens is 2. The Labute approximate surface area is 159 Å². The Morgan fingerprint density at radius 1 is 1.31 bits per heavy atom. The van der Waals surface area contributed by atoms with Crippen molar-refractivity contribution in [3.05, 3.63) is 12.4 Å². The number of carbonyl (C=O) groups is 2. The molecular formula is C17H28ClN5O3. The van der Waals surface area contributed by atoms with Crippen molar-refractivity contribution in [2.75, 3.05) is 18.4 Å². The first-order valence-electron chi connectivity index (χ1n) is 8.93. The molecular weight excluding hydrogens is 358 g/mol. The number of hydrogen-bond acceptors (Lipinski definition) is 5. The molecule has 9 heteroatoms. The van der Waals surface area contributed by atoms with E-state index >= 15 is 0 Å². The zero-order valence-electron chi connectivity index (χ0n) is 15.3. The molecule has 1 aliphatic heterocycles. The topological polar surface area (TPSA) is 102 Å². The highest BCUT2D eigenvalue weighted by atomic mass is 35.5. The summed E-state index contributed by atoms with van der Waals surface area (Å²) in [6, 6.07) is 0.120. The van der Waals surface area contributed by atoms with Gasteiger partial charge in [-0.2, -0.15) is 5.10 Å². The molecule has 3 rings (SSSR count). The third kappa shape index (κ3) is 5.18. The first kappa shape index (κ1) is 20.7. The van der Waals surface area contributed by atoms with Gasteiger partial charge in [0.05, 0.1) is 24.1 Å². The summed E-state index contributed by atoms with van der Waals surface area (Å²) < 4.78 is 7.21. The van der Waals surface area contributed by atoms with Gasteiger partial charge in [-0.05, 0) is 33.1 Å². The number of nitrogens with two attached hydrogens (primary N) is 1. The van der Waals surface area contributed by atoms with Gasteiger partial charge in [0.2, 0.25) is 11.8 Å². The van der Waals surface area contributed by atoms with Crippen molar-refractivity contribution >= 4 is 29.9 Å². The summed E-state index contributed by atoms with van der Waals surface area (Å²) >= 11 is 0. The van der Waals surface area contributed by atoms with E-state index in [-0.39, 0.29) is 54.9 Å². The van der Waals surface area contributed by atoms with Crippen LogP contribution in [0.1, 0.15) is 33.1 Å². The van der Waals surface area contributed by atoms with Crippen LogP contribution in [0.25, 0.3) is 0 Å². The van der Waals surface area contributed by atoms with Crippen LogP contribution in [0.4, 0.5) is 5.69 Å². The minimum absolute atomic E-state index is 0. The Morgan fingerprint density at radius 3 is 2.62 bits per heavy atom. The Hall–Kier alpha value is -1.64. The number of nitrogens with zero attached hydrogens (tertiary/aromatic N) is 3. The van der Waals surface area contributed by atoms with Gasteiger partial charge >= 0.3 is 0 Å². The van der Waals surface area contributed by atoms with Crippen molar-refractivity contribution in [1.29, 1.82) is 0 Å². The quantitative estimate of drug-likeness (QED) is 0.805. The Kier molecular flexibility index (Phi) is 7.02. The maximum Gasteiger partial charge on any atom is 0.244 e. The van der Waals surface area contributed by atoms with Gasteiger partial charge in [0.15, 0.2) is 0 Å². The first-order valence-corrected chi connectivity index (χ1v) is 8.93. The molecule has 4 unspecified atom stereocenters. The standard InChI is InChI=1S/C17H27N5O3.ClH/c1-11-7-21(8-12(2)25-11)16(23)10-22-9-15(6-19-22)20-17(24)13-3-4-14(18)5-13;/h6,9,11-14H,3-5,7-8,10,18H2,1-2H3,(H,20,24);1H. The summed E-state index contributed by atoms with van der Waals surface area (Å²) in [5, 5.41) is 7.05. The lowest BCUT2D eigenvalue weighted by Crippen LogP contribution is -2.49. The van der Waals surface area contributed by atoms with E-state index in [9.17, 15) is 9.59 Å². The average molecular weight is 386 g/mol. The summed E-state index contributed by atoms with van der Waals surface area (Å²) in [4.78, 5) is 26.5. The number of morpholine rings is 1. The smallest absolute Gasteiger partial charge is 0.244 e. The SMILES string of the molecule is CC1CN(C(=O)Cn2cc(NC(=O)C3CCC(N)C3)cn2)CC(C)O1.Cl. The lowest BCUT2D eigenvalue weighted by molar-refractivity contribution is -0.144. The number of carbonyl (C=O) groups excluding carboxylic acids is 2. The molecule has 146 valence electrons. The van der Waals surface area contributed by atoms with Crippen molar-refractivity contribution < 1.29 is 14.3 Å². The lowest BCUT2D eigenvalue weighted by Gasteiger charge is -2.35. The molecule has 1 saturated carbocycles. The molecule has 0 radical (unpaired) electrons. The highest BCUT2D eigenvalue weighted by Crippen LogP contribution is 2.25. The molecule has 2 aliphatic rings. The van der Waals surface area contributed by atoms with Crippen LogP contribution in [-0.4, -0.2) is 57.8 Å². The van der Waals surface area contributed by atoms with E-state index < -0.39 is 0 Å². The van der Waals surface area contributed by atoms with Crippen molar-refractivity contribution in [3.8, 4) is 0 Å². The third-order valence-corrected chi connectivity index (χ3v) is 4.81. The van der Waals surface area contributed by atoms with Gasteiger partial charge < -0.3 is 20.7 Å². The van der Waals surface area contributed by atoms with Crippen molar-refractivity contribution in [2.45, 2.75) is 57.9 Å². The van der Waals surface area contributed by atoms with Crippen LogP contribution in [0, 0.1) is 5.92 Å². The van der Waals surface area contributed by atoms with E-state index in [0.29, 0.717) is 18.8 Å². The van der Waals surface area contributed by atoms with Crippen LogP contribution in [0.5, 0.6) is 0 Å². The monoisotopic (exact) mass is 385 g/mol. The zero-order chi connectivity index (χ0) is 18.0. The van der Waals surface area contributed by atoms with Gasteiger partial charge in [-0.25, -0.2) is 0 Å². The lowest BCUT2D eigenvalue weighted by atomic mass is 10.1. The second-order valence-electron chi connectivity index (χ2n) is 7.24. The van der Waals surface area contributed by atoms with E-state index in [2.05, 4.69) is 10.4 Å². The minimum Gasteiger partial charge on any atom is -0.372 e. The molecule has 0 spiro atoms. The Morgan fingerprint density at radius 2 is 2.00 bits per heavy atom. The number of rotatable bonds is 4. The van der Waals surface area contributed by atoms with Gasteiger partial charge in [-0.15, -0.1) is 12.4 Å². The van der Waals surface area contributed by atoms with Crippen LogP contribution in [-0.2, 0) is 20.9 Å². The summed E-state index contributed by atoms with van der Waals surface area (Å²) in [7, 11) is 0. The number of nitrogens with one attached hydrogen (secondary N) is 1. The van der Waals surface area contributed by atoms with E-state index in [4.69, 9.17) is 10.5 Å². The highest BCUT2D eigenvalue weighted by molar-refractivity contribution is 5.92. The predicted molar refractivity (Wildman–Crippen MR) is 100 cm³/mol. The second-order valence-corrected chi connectivity index (χ2v) is 7.24. The molecule has 0 aromatic carbocycles. The van der Waals surface area contributed by atoms with Crippen LogP contribution in [0.15, 0.2) is 12.4 Å². The zero-order valence-corrected chi connectivity index (χ0v) is 16.1. The van der Waals surface area contributed by atoms with Gasteiger partial charge in [0.25, 0.3) is 0 Å². The number of hydrogen-bond donors (Lipinski definition) is 2. The van der Waals surface area contributed by atoms with Crippen LogP contribution in [0.2, 0.25) is 0 Å². The maximum atomic E-state index is 12.4. The van der Waals surface area contributed by atoms with Crippen LogP contribution in [0.3, 0.4) is 0 Å². The molecule has 1 aromatic rings. The molecule has 2 amide bonds. The molecule has 26 heavy (non-hydrogen) atoms. The minimum atomic E-state index is -0.0312. The van der Waals surface area contributed by atoms with E-state index in [1.165, 1.54) is 0 Å². The van der Waals surface area contributed by atoms with Crippen LogP contribution >= 0.6 is 12.4 Å². The second kappa shape index (κ2) is 8.83. The average Bonchev–Trinajstić information content (AvgIpc) is 3.15. The number of halogens is 1. The number of amides is 2. The van der Waals surface area contributed by atoms with E-state index in [0.717, 1.165) is 19.3 Å². The Balaban J connectivity index is 0.00000243. The van der Waals surface area contributed by atoms with Gasteiger partial charge in [-0.3, -0.25) is 14.3 Å². The van der Waals surface area contributed by atoms with Crippen molar-refractivity contribution in [3.63, 3.8) is 0 Å². The summed E-state index contributed by atoms with van der Waals surface area (Å²) in [6.07, 6.45) is 5.79. The summed E-state index contributed by atoms with van der Waals surface area (Å²) in [5.74, 6) is -0.0456. The molecule has 1 aromatic heterocycles. The van der Waals surface area contributed by atoms with Gasteiger partial charge in [0.1, 0.15) is 6.54 Å². The molecule has 2 heterocycles. The molecule has 0 bridgehead atoms. The summed E-state index contributed by atoms with van der Waals surface area (Å²) in [5.41, 5.74) is 6.47. The maximum absolute atomic E-state index is 12.4. The fourth-order valence-electron chi connectivity index (χ4n) is 3.63. The third-order valence-electron chi connectivity index (χ3n) is 4.81. The largest absolute Gasteiger partial charge is 0.372 e. The van der Waals surface area contributed by atoms with Gasteiger partial charge in [0, 0.05) is 31.2 Å². The molecule has 4 atom stereocenters. The molecule has 8 nitrogen and oxygen atoms in total. The summed E-state index contributed by atoms with van der Waals surface area (Å²) in [6.45, 7) is 5.27. The van der Waals surface area contributed by atoms with Gasteiger partial charge in [-0.1, -0.05) is 0 Å². The van der Waals surface area contributed by atoms with Crippen molar-refractivity contribution in [2.24, 2.45) is 11.7 Å². The van der Waals surface area contributed by atoms with E-state index in [1.807, 2.05) is 13.8 Å². The normalized spacial score (nSPS) is 28.5. The molecule has 3 N–H and O–H groups in total. The fraction of sp³-hybridized carbons (Fsp3) is 0.706. The van der Waals surface area contributed by atoms with Crippen LogP contribution < -0.4 is 11.1 Å². The number of ether oxygens (including phenoxy) is 1. The number of anilines is 1. The fourth-order valence-corrected chi connectivity index (χ4v) is 3.63. The molecule has 2 fully saturated rings. The molecule has 1 saturated heterocycles.